The quantitative estimate of drug-likeness (QED) is 0.783. The first-order valence-corrected chi connectivity index (χ1v) is 6.07. The molecule has 1 aromatic carbocycles. The summed E-state index contributed by atoms with van der Waals surface area (Å²) in [6, 6.07) is 4.79. The molecule has 1 rings (SSSR count). The van der Waals surface area contributed by atoms with Gasteiger partial charge in [-0.3, -0.25) is 4.84 Å². The van der Waals surface area contributed by atoms with Crippen molar-refractivity contribution >= 4 is 0 Å². The highest BCUT2D eigenvalue weighted by Gasteiger charge is 2.28. The molecule has 0 heterocycles. The second-order valence-electron chi connectivity index (χ2n) is 4.10. The SMILES string of the molecule is CCC(NOCC(F)(F)F)c1ccc(OC)c(OC)c1. The van der Waals surface area contributed by atoms with Gasteiger partial charge in [0.1, 0.15) is 0 Å². The van der Waals surface area contributed by atoms with E-state index in [0.717, 1.165) is 5.56 Å². The first-order valence-electron chi connectivity index (χ1n) is 6.07. The highest BCUT2D eigenvalue weighted by Crippen LogP contribution is 2.30. The van der Waals surface area contributed by atoms with Gasteiger partial charge in [0.25, 0.3) is 0 Å². The number of benzene rings is 1. The van der Waals surface area contributed by atoms with E-state index in [2.05, 4.69) is 10.3 Å². The van der Waals surface area contributed by atoms with Crippen LogP contribution in [-0.2, 0) is 4.84 Å². The molecule has 114 valence electrons. The fraction of sp³-hybridized carbons (Fsp3) is 0.538. The van der Waals surface area contributed by atoms with E-state index in [1.54, 1.807) is 18.2 Å². The molecule has 1 aromatic rings. The Labute approximate surface area is 115 Å². The minimum Gasteiger partial charge on any atom is -0.493 e. The normalized spacial score (nSPS) is 13.1. The van der Waals surface area contributed by atoms with Gasteiger partial charge in [-0.15, -0.1) is 0 Å². The lowest BCUT2D eigenvalue weighted by Gasteiger charge is -2.19. The van der Waals surface area contributed by atoms with E-state index in [1.807, 2.05) is 6.92 Å². The van der Waals surface area contributed by atoms with Gasteiger partial charge in [0.05, 0.1) is 20.3 Å². The molecule has 1 N–H and O–H groups in total. The highest BCUT2D eigenvalue weighted by atomic mass is 19.4. The standard InChI is InChI=1S/C13H18F3NO3/c1-4-10(17-20-8-13(14,15)16)9-5-6-11(18-2)12(7-9)19-3/h5-7,10,17H,4,8H2,1-3H3. The lowest BCUT2D eigenvalue weighted by molar-refractivity contribution is -0.193. The van der Waals surface area contributed by atoms with Gasteiger partial charge in [-0.2, -0.15) is 18.7 Å². The smallest absolute Gasteiger partial charge is 0.413 e. The molecule has 1 atom stereocenters. The Balaban J connectivity index is 2.74. The summed E-state index contributed by atoms with van der Waals surface area (Å²) < 4.78 is 46.3. The Morgan fingerprint density at radius 2 is 1.80 bits per heavy atom. The van der Waals surface area contributed by atoms with Crippen molar-refractivity contribution in [1.29, 1.82) is 0 Å². The number of ether oxygens (including phenoxy) is 2. The number of halogens is 3. The van der Waals surface area contributed by atoms with Crippen molar-refractivity contribution in [3.05, 3.63) is 23.8 Å². The fourth-order valence-corrected chi connectivity index (χ4v) is 1.68. The molecule has 7 heteroatoms. The third-order valence-electron chi connectivity index (χ3n) is 2.68. The summed E-state index contributed by atoms with van der Waals surface area (Å²) in [6.45, 7) is 0.502. The monoisotopic (exact) mass is 293 g/mol. The first kappa shape index (κ1) is 16.6. The van der Waals surface area contributed by atoms with Gasteiger partial charge in [0.2, 0.25) is 0 Å². The lowest BCUT2D eigenvalue weighted by atomic mass is 10.0. The summed E-state index contributed by atoms with van der Waals surface area (Å²) in [5.41, 5.74) is 3.17. The van der Waals surface area contributed by atoms with Crippen molar-refractivity contribution in [1.82, 2.24) is 5.48 Å². The van der Waals surface area contributed by atoms with Crippen LogP contribution in [0.1, 0.15) is 24.9 Å². The summed E-state index contributed by atoms with van der Waals surface area (Å²) in [5.74, 6) is 1.07. The molecule has 1 unspecified atom stereocenters. The Morgan fingerprint density at radius 1 is 1.15 bits per heavy atom. The van der Waals surface area contributed by atoms with Crippen molar-refractivity contribution in [3.63, 3.8) is 0 Å². The molecule has 0 saturated carbocycles. The topological polar surface area (TPSA) is 39.7 Å². The molecule has 0 radical (unpaired) electrons. The van der Waals surface area contributed by atoms with Crippen LogP contribution in [-0.4, -0.2) is 27.0 Å². The van der Waals surface area contributed by atoms with Crippen LogP contribution in [0, 0.1) is 0 Å². The minimum absolute atomic E-state index is 0.364. The van der Waals surface area contributed by atoms with Crippen LogP contribution in [0.2, 0.25) is 0 Å². The largest absolute Gasteiger partial charge is 0.493 e. The van der Waals surface area contributed by atoms with Gasteiger partial charge in [-0.25, -0.2) is 0 Å². The van der Waals surface area contributed by atoms with Gasteiger partial charge < -0.3 is 9.47 Å². The molecular weight excluding hydrogens is 275 g/mol. The Bertz CT molecular complexity index is 424. The molecule has 0 fully saturated rings. The average Bonchev–Trinajstić information content (AvgIpc) is 2.41. The van der Waals surface area contributed by atoms with Gasteiger partial charge in [0.15, 0.2) is 18.1 Å². The zero-order chi connectivity index (χ0) is 15.2. The van der Waals surface area contributed by atoms with Crippen LogP contribution < -0.4 is 15.0 Å². The lowest BCUT2D eigenvalue weighted by Crippen LogP contribution is -2.27. The van der Waals surface area contributed by atoms with E-state index in [0.29, 0.717) is 17.9 Å². The van der Waals surface area contributed by atoms with Crippen molar-refractivity contribution in [3.8, 4) is 11.5 Å². The summed E-state index contributed by atoms with van der Waals surface area (Å²) >= 11 is 0. The van der Waals surface area contributed by atoms with Crippen molar-refractivity contribution in [2.24, 2.45) is 0 Å². The van der Waals surface area contributed by atoms with Crippen LogP contribution in [0.4, 0.5) is 13.2 Å². The zero-order valence-electron chi connectivity index (χ0n) is 11.6. The van der Waals surface area contributed by atoms with E-state index in [1.165, 1.54) is 14.2 Å². The summed E-state index contributed by atoms with van der Waals surface area (Å²) in [4.78, 5) is 4.49. The van der Waals surface area contributed by atoms with Gasteiger partial charge in [-0.1, -0.05) is 13.0 Å². The Hall–Kier alpha value is -1.47. The number of hydrogen-bond donors (Lipinski definition) is 1. The maximum absolute atomic E-state index is 12.0. The molecular formula is C13H18F3NO3. The molecule has 0 saturated heterocycles. The van der Waals surface area contributed by atoms with Gasteiger partial charge in [-0.05, 0) is 24.1 Å². The van der Waals surface area contributed by atoms with Crippen LogP contribution in [0.3, 0.4) is 0 Å². The van der Waals surface area contributed by atoms with Crippen molar-refractivity contribution < 1.29 is 27.5 Å². The average molecular weight is 293 g/mol. The number of methoxy groups -OCH3 is 2. The maximum atomic E-state index is 12.0. The molecule has 0 aliphatic rings. The highest BCUT2D eigenvalue weighted by molar-refractivity contribution is 5.43. The predicted octanol–water partition coefficient (Wildman–Crippen LogP) is 3.24. The van der Waals surface area contributed by atoms with Crippen LogP contribution in [0.15, 0.2) is 18.2 Å². The number of rotatable bonds is 7. The second kappa shape index (κ2) is 7.35. The van der Waals surface area contributed by atoms with E-state index < -0.39 is 12.8 Å². The molecule has 0 spiro atoms. The van der Waals surface area contributed by atoms with Crippen molar-refractivity contribution in [2.45, 2.75) is 25.6 Å². The third-order valence-corrected chi connectivity index (χ3v) is 2.68. The van der Waals surface area contributed by atoms with Gasteiger partial charge >= 0.3 is 6.18 Å². The van der Waals surface area contributed by atoms with E-state index in [-0.39, 0.29) is 6.04 Å². The van der Waals surface area contributed by atoms with Crippen molar-refractivity contribution in [2.75, 3.05) is 20.8 Å². The van der Waals surface area contributed by atoms with E-state index in [9.17, 15) is 13.2 Å². The molecule has 0 aliphatic carbocycles. The van der Waals surface area contributed by atoms with Crippen LogP contribution in [0.5, 0.6) is 11.5 Å². The third kappa shape index (κ3) is 4.90. The molecule has 20 heavy (non-hydrogen) atoms. The number of hydroxylamine groups is 1. The minimum atomic E-state index is -4.36. The Kier molecular flexibility index (Phi) is 6.09. The molecule has 0 amide bonds. The zero-order valence-corrected chi connectivity index (χ0v) is 11.6. The number of alkyl halides is 3. The van der Waals surface area contributed by atoms with Crippen LogP contribution in [0.25, 0.3) is 0 Å². The number of nitrogens with one attached hydrogen (secondary N) is 1. The molecule has 0 aliphatic heterocycles. The summed E-state index contributed by atoms with van der Waals surface area (Å²) in [6.07, 6.45) is -3.80. The fourth-order valence-electron chi connectivity index (χ4n) is 1.68. The summed E-state index contributed by atoms with van der Waals surface area (Å²) in [7, 11) is 3.01. The molecule has 4 nitrogen and oxygen atoms in total. The van der Waals surface area contributed by atoms with Crippen LogP contribution >= 0.6 is 0 Å². The summed E-state index contributed by atoms with van der Waals surface area (Å²) in [5, 5.41) is 0. The second-order valence-corrected chi connectivity index (χ2v) is 4.10. The van der Waals surface area contributed by atoms with E-state index >= 15 is 0 Å². The molecule has 0 aromatic heterocycles. The Morgan fingerprint density at radius 3 is 2.30 bits per heavy atom. The van der Waals surface area contributed by atoms with Gasteiger partial charge in [0, 0.05) is 0 Å². The maximum Gasteiger partial charge on any atom is 0.413 e. The predicted molar refractivity (Wildman–Crippen MR) is 67.7 cm³/mol. The number of hydrogen-bond acceptors (Lipinski definition) is 4. The molecule has 0 bridgehead atoms. The first-order chi connectivity index (χ1) is 9.41. The van der Waals surface area contributed by atoms with E-state index in [4.69, 9.17) is 9.47 Å².